The lowest BCUT2D eigenvalue weighted by atomic mass is 9.71. The highest BCUT2D eigenvalue weighted by Gasteiger charge is 2.51. The van der Waals surface area contributed by atoms with Gasteiger partial charge in [-0.2, -0.15) is 0 Å². The molecule has 0 saturated heterocycles. The van der Waals surface area contributed by atoms with Gasteiger partial charge in [0.1, 0.15) is 5.78 Å². The van der Waals surface area contributed by atoms with E-state index in [1.54, 1.807) is 0 Å². The summed E-state index contributed by atoms with van der Waals surface area (Å²) >= 11 is 0. The number of carbonyl (C=O) groups excluding carboxylic acids is 1. The van der Waals surface area contributed by atoms with Gasteiger partial charge in [0.15, 0.2) is 25.0 Å². The second kappa shape index (κ2) is 21.8. The minimum Gasteiger partial charge on any atom is -0.481 e. The molecule has 336 valence electrons. The standard InChI is InChI=1S/C49H87NO6Si3/c1-22-23-30-40(45(53)49(14,15)42(35-43(51)52)55-58(18,19)47(8,9)10)44(56-59(20,21)48(11,12)13)37(3)28-26-27-36(2)31-32-41(54-57(16,17)46(5,6)7)38(4)34-39-29-24-25-33-50-39/h1,24-25,29,31,33-34,37,40-42,44H,23,26-28,30,32,35H2,2-21H3,(H,51,52)/b36-31+,38-34+/t37-,40+,41-,42-,44-/m0/s1. The van der Waals surface area contributed by atoms with E-state index in [1.807, 2.05) is 38.2 Å². The van der Waals surface area contributed by atoms with Crippen molar-refractivity contribution in [3.8, 4) is 12.3 Å². The molecular formula is C49H87NO6Si3. The van der Waals surface area contributed by atoms with Crippen molar-refractivity contribution in [1.82, 2.24) is 4.98 Å². The van der Waals surface area contributed by atoms with Crippen molar-refractivity contribution in [1.29, 1.82) is 0 Å². The number of ketones is 1. The molecule has 0 aliphatic carbocycles. The number of hydrogen-bond acceptors (Lipinski definition) is 6. The van der Waals surface area contributed by atoms with Gasteiger partial charge in [-0.3, -0.25) is 14.6 Å². The van der Waals surface area contributed by atoms with E-state index < -0.39 is 48.4 Å². The van der Waals surface area contributed by atoms with E-state index in [0.29, 0.717) is 12.8 Å². The Labute approximate surface area is 365 Å². The summed E-state index contributed by atoms with van der Waals surface area (Å²) in [5.74, 6) is 1.34. The topological polar surface area (TPSA) is 95.0 Å². The quantitative estimate of drug-likeness (QED) is 0.0665. The number of carboxylic acid groups (broad SMARTS) is 1. The molecule has 0 aliphatic heterocycles. The Balaban J connectivity index is 3.55. The van der Waals surface area contributed by atoms with Crippen LogP contribution in [0.25, 0.3) is 6.08 Å². The summed E-state index contributed by atoms with van der Waals surface area (Å²) in [4.78, 5) is 32.0. The number of rotatable bonds is 23. The average molecular weight is 870 g/mol. The second-order valence-electron chi connectivity index (χ2n) is 22.4. The molecule has 0 radical (unpaired) electrons. The maximum Gasteiger partial charge on any atom is 0.305 e. The molecule has 5 atom stereocenters. The Morgan fingerprint density at radius 3 is 1.83 bits per heavy atom. The number of carboxylic acids is 1. The number of carbonyl (C=O) groups is 2. The fourth-order valence-corrected chi connectivity index (χ4v) is 10.7. The number of aromatic nitrogens is 1. The van der Waals surface area contributed by atoms with Crippen LogP contribution in [-0.4, -0.2) is 65.1 Å². The highest BCUT2D eigenvalue weighted by atomic mass is 28.4. The lowest BCUT2D eigenvalue weighted by molar-refractivity contribution is -0.147. The van der Waals surface area contributed by atoms with E-state index in [-0.39, 0.29) is 45.4 Å². The molecule has 0 bridgehead atoms. The van der Waals surface area contributed by atoms with Gasteiger partial charge in [0, 0.05) is 24.0 Å². The molecule has 0 aliphatic rings. The first-order chi connectivity index (χ1) is 26.6. The van der Waals surface area contributed by atoms with Crippen LogP contribution in [0.4, 0.5) is 0 Å². The van der Waals surface area contributed by atoms with Crippen molar-refractivity contribution in [2.45, 2.75) is 215 Å². The number of hydrogen-bond donors (Lipinski definition) is 1. The van der Waals surface area contributed by atoms with E-state index in [9.17, 15) is 9.90 Å². The van der Waals surface area contributed by atoms with Gasteiger partial charge >= 0.3 is 5.97 Å². The molecule has 0 fully saturated rings. The predicted molar refractivity (Wildman–Crippen MR) is 258 cm³/mol. The number of terminal acetylenes is 1. The first-order valence-corrected chi connectivity index (χ1v) is 30.8. The molecule has 1 N–H and O–H groups in total. The molecule has 1 aromatic heterocycles. The SMILES string of the molecule is C#CCC[C@@H](C(=O)C(C)(C)[C@H](CC(=O)O)O[Si](C)(C)C(C)(C)C)[C@@H](O[Si](C)(C)C(C)(C)C)[C@@H](C)CCC/C(C)=C/C[C@H](O[Si](C)(C)C(C)(C)C)/C(C)=C/c1ccccn1. The average Bonchev–Trinajstić information content (AvgIpc) is 3.07. The summed E-state index contributed by atoms with van der Waals surface area (Å²) in [7, 11) is -6.87. The van der Waals surface area contributed by atoms with Crippen LogP contribution in [-0.2, 0) is 22.9 Å². The second-order valence-corrected chi connectivity index (χ2v) is 36.7. The molecule has 0 saturated carbocycles. The largest absolute Gasteiger partial charge is 0.481 e. The van der Waals surface area contributed by atoms with Gasteiger partial charge in [-0.1, -0.05) is 101 Å². The Hall–Kier alpha value is -2.14. The van der Waals surface area contributed by atoms with Crippen LogP contribution >= 0.6 is 0 Å². The Kier molecular flexibility index (Phi) is 20.3. The number of Topliss-reactive ketones (excluding diaryl/α,β-unsaturated/α-hetero) is 1. The molecular weight excluding hydrogens is 783 g/mol. The van der Waals surface area contributed by atoms with Crippen molar-refractivity contribution in [3.63, 3.8) is 0 Å². The lowest BCUT2D eigenvalue weighted by Crippen LogP contribution is -2.55. The maximum atomic E-state index is 15.2. The summed E-state index contributed by atoms with van der Waals surface area (Å²) in [6.45, 7) is 43.6. The third-order valence-electron chi connectivity index (χ3n) is 13.9. The first-order valence-electron chi connectivity index (χ1n) is 22.1. The van der Waals surface area contributed by atoms with Crippen LogP contribution in [0.2, 0.25) is 54.4 Å². The normalized spacial score (nSPS) is 16.9. The zero-order chi connectivity index (χ0) is 46.0. The predicted octanol–water partition coefficient (Wildman–Crippen LogP) is 13.9. The third-order valence-corrected chi connectivity index (χ3v) is 27.3. The van der Waals surface area contributed by atoms with Gasteiger partial charge in [0.25, 0.3) is 0 Å². The zero-order valence-corrected chi connectivity index (χ0v) is 44.3. The smallest absolute Gasteiger partial charge is 0.305 e. The van der Waals surface area contributed by atoms with Gasteiger partial charge in [0.2, 0.25) is 0 Å². The van der Waals surface area contributed by atoms with Crippen molar-refractivity contribution in [3.05, 3.63) is 47.3 Å². The van der Waals surface area contributed by atoms with Crippen LogP contribution in [0.1, 0.15) is 148 Å². The van der Waals surface area contributed by atoms with Crippen LogP contribution in [0.15, 0.2) is 41.6 Å². The van der Waals surface area contributed by atoms with Gasteiger partial charge in [-0.05, 0) is 130 Å². The molecule has 1 heterocycles. The number of aliphatic carboxylic acids is 1. The van der Waals surface area contributed by atoms with Gasteiger partial charge in [0.05, 0.1) is 30.4 Å². The summed E-state index contributed by atoms with van der Waals surface area (Å²) in [6.07, 6.45) is 15.1. The van der Waals surface area contributed by atoms with Gasteiger partial charge < -0.3 is 18.4 Å². The fourth-order valence-electron chi connectivity index (χ4n) is 6.49. The minimum atomic E-state index is -2.44. The van der Waals surface area contributed by atoms with E-state index in [0.717, 1.165) is 31.4 Å². The van der Waals surface area contributed by atoms with E-state index in [1.165, 1.54) is 11.1 Å². The molecule has 1 aromatic rings. The van der Waals surface area contributed by atoms with Crippen LogP contribution in [0.5, 0.6) is 0 Å². The Morgan fingerprint density at radius 1 is 0.831 bits per heavy atom. The number of nitrogens with zero attached hydrogens (tertiary/aromatic N) is 1. The van der Waals surface area contributed by atoms with Crippen molar-refractivity contribution < 1.29 is 28.0 Å². The fraction of sp³-hybridized carbons (Fsp3) is 0.735. The Morgan fingerprint density at radius 2 is 1.36 bits per heavy atom. The molecule has 0 amide bonds. The molecule has 0 aromatic carbocycles. The summed E-state index contributed by atoms with van der Waals surface area (Å²) in [6, 6.07) is 5.98. The summed E-state index contributed by atoms with van der Waals surface area (Å²) in [5, 5.41) is 9.93. The van der Waals surface area contributed by atoms with Crippen molar-refractivity contribution in [2.24, 2.45) is 17.3 Å². The monoisotopic (exact) mass is 870 g/mol. The molecule has 0 unspecified atom stereocenters. The van der Waals surface area contributed by atoms with Crippen LogP contribution in [0, 0.1) is 29.6 Å². The third kappa shape index (κ3) is 16.6. The molecule has 7 nitrogen and oxygen atoms in total. The summed E-state index contributed by atoms with van der Waals surface area (Å²) < 4.78 is 21.1. The minimum absolute atomic E-state index is 0.0220. The van der Waals surface area contributed by atoms with Gasteiger partial charge in [-0.15, -0.1) is 12.3 Å². The molecule has 1 rings (SSSR count). The van der Waals surface area contributed by atoms with Crippen molar-refractivity contribution in [2.75, 3.05) is 0 Å². The number of allylic oxidation sites excluding steroid dienone is 1. The zero-order valence-electron chi connectivity index (χ0n) is 41.3. The maximum absolute atomic E-state index is 15.2. The lowest BCUT2D eigenvalue weighted by Gasteiger charge is -2.47. The molecule has 10 heteroatoms. The van der Waals surface area contributed by atoms with E-state index in [4.69, 9.17) is 19.7 Å². The molecule has 59 heavy (non-hydrogen) atoms. The van der Waals surface area contributed by atoms with Gasteiger partial charge in [-0.25, -0.2) is 0 Å². The summed E-state index contributed by atoms with van der Waals surface area (Å²) in [5.41, 5.74) is 2.32. The van der Waals surface area contributed by atoms with Crippen molar-refractivity contribution >= 4 is 42.8 Å². The van der Waals surface area contributed by atoms with Crippen LogP contribution < -0.4 is 0 Å². The highest BCUT2D eigenvalue weighted by Crippen LogP contribution is 2.45. The van der Waals surface area contributed by atoms with Crippen LogP contribution in [0.3, 0.4) is 0 Å². The number of pyridine rings is 1. The molecule has 0 spiro atoms. The Bertz CT molecular complexity index is 1600. The highest BCUT2D eigenvalue weighted by molar-refractivity contribution is 6.75. The first kappa shape index (κ1) is 54.9. The van der Waals surface area contributed by atoms with E-state index in [2.05, 4.69) is 145 Å². The van der Waals surface area contributed by atoms with E-state index >= 15 is 4.79 Å².